The summed E-state index contributed by atoms with van der Waals surface area (Å²) < 4.78 is 24.1. The molecule has 0 saturated carbocycles. The molecular formula is C22H22FN3O5. The van der Waals surface area contributed by atoms with Gasteiger partial charge >= 0.3 is 6.03 Å². The number of rotatable bonds is 7. The minimum Gasteiger partial charge on any atom is -0.493 e. The fourth-order valence-corrected chi connectivity index (χ4v) is 2.92. The van der Waals surface area contributed by atoms with Gasteiger partial charge in [-0.1, -0.05) is 12.1 Å². The van der Waals surface area contributed by atoms with Crippen LogP contribution < -0.4 is 20.1 Å². The molecule has 0 unspecified atom stereocenters. The summed E-state index contributed by atoms with van der Waals surface area (Å²) in [4.78, 5) is 38.0. The molecule has 31 heavy (non-hydrogen) atoms. The van der Waals surface area contributed by atoms with E-state index in [9.17, 15) is 18.8 Å². The molecule has 1 aliphatic heterocycles. The quantitative estimate of drug-likeness (QED) is 0.523. The number of para-hydroxylation sites is 1. The highest BCUT2D eigenvalue weighted by molar-refractivity contribution is 6.16. The fourth-order valence-electron chi connectivity index (χ4n) is 2.92. The molecule has 1 aliphatic rings. The summed E-state index contributed by atoms with van der Waals surface area (Å²) in [5, 5.41) is 4.98. The van der Waals surface area contributed by atoms with Crippen molar-refractivity contribution < 1.29 is 28.2 Å². The molecule has 3 rings (SSSR count). The second kappa shape index (κ2) is 9.29. The van der Waals surface area contributed by atoms with Crippen molar-refractivity contribution in [3.8, 4) is 11.5 Å². The Bertz CT molecular complexity index is 1030. The number of anilines is 1. The van der Waals surface area contributed by atoms with Crippen LogP contribution in [0.15, 0.2) is 48.2 Å². The summed E-state index contributed by atoms with van der Waals surface area (Å²) in [5.41, 5.74) is 0.886. The van der Waals surface area contributed by atoms with Crippen molar-refractivity contribution in [2.24, 2.45) is 0 Å². The van der Waals surface area contributed by atoms with Crippen molar-refractivity contribution >= 4 is 29.6 Å². The van der Waals surface area contributed by atoms with Gasteiger partial charge in [-0.25, -0.2) is 14.1 Å². The van der Waals surface area contributed by atoms with Gasteiger partial charge in [0.15, 0.2) is 11.5 Å². The van der Waals surface area contributed by atoms with Gasteiger partial charge in [0.25, 0.3) is 5.91 Å². The topological polar surface area (TPSA) is 97.0 Å². The standard InChI is InChI=1S/C22H22FN3O5/c1-13(2)31-20-14(5-4-6-18(20)30-3)11-17-21(28)26(22(29)25-17)12-19(27)24-16-9-7-15(23)8-10-16/h4-11,13H,12H2,1-3H3,(H,24,27)(H,25,29)/b17-11+. The zero-order valence-electron chi connectivity index (χ0n) is 17.3. The Morgan fingerprint density at radius 1 is 1.19 bits per heavy atom. The van der Waals surface area contributed by atoms with Gasteiger partial charge in [0, 0.05) is 11.3 Å². The first-order valence-electron chi connectivity index (χ1n) is 9.52. The minimum atomic E-state index is -0.722. The Morgan fingerprint density at radius 3 is 2.55 bits per heavy atom. The zero-order valence-corrected chi connectivity index (χ0v) is 17.3. The summed E-state index contributed by atoms with van der Waals surface area (Å²) in [6.07, 6.45) is 1.33. The van der Waals surface area contributed by atoms with Crippen molar-refractivity contribution in [1.82, 2.24) is 10.2 Å². The van der Waals surface area contributed by atoms with E-state index in [1.54, 1.807) is 18.2 Å². The van der Waals surface area contributed by atoms with Gasteiger partial charge in [-0.3, -0.25) is 9.59 Å². The van der Waals surface area contributed by atoms with E-state index in [4.69, 9.17) is 9.47 Å². The first-order chi connectivity index (χ1) is 14.8. The number of imide groups is 1. The maximum Gasteiger partial charge on any atom is 0.329 e. The van der Waals surface area contributed by atoms with Crippen LogP contribution in [0, 0.1) is 5.82 Å². The van der Waals surface area contributed by atoms with Crippen LogP contribution in [0.1, 0.15) is 19.4 Å². The number of urea groups is 1. The first-order valence-corrected chi connectivity index (χ1v) is 9.52. The normalized spacial score (nSPS) is 14.7. The maximum absolute atomic E-state index is 13.0. The highest BCUT2D eigenvalue weighted by Gasteiger charge is 2.35. The molecule has 2 aromatic carbocycles. The average molecular weight is 427 g/mol. The number of halogens is 1. The Balaban J connectivity index is 1.77. The van der Waals surface area contributed by atoms with Crippen LogP contribution >= 0.6 is 0 Å². The zero-order chi connectivity index (χ0) is 22.5. The van der Waals surface area contributed by atoms with E-state index in [0.29, 0.717) is 22.7 Å². The van der Waals surface area contributed by atoms with Gasteiger partial charge in [-0.15, -0.1) is 0 Å². The monoisotopic (exact) mass is 427 g/mol. The van der Waals surface area contributed by atoms with E-state index < -0.39 is 30.2 Å². The lowest BCUT2D eigenvalue weighted by Gasteiger charge is -2.16. The SMILES string of the molecule is COc1cccc(/C=C2/NC(=O)N(CC(=O)Nc3ccc(F)cc3)C2=O)c1OC(C)C. The third-order valence-corrected chi connectivity index (χ3v) is 4.27. The summed E-state index contributed by atoms with van der Waals surface area (Å²) in [7, 11) is 1.50. The number of amides is 4. The first kappa shape index (κ1) is 21.8. The fraction of sp³-hybridized carbons (Fsp3) is 0.227. The number of ether oxygens (including phenoxy) is 2. The largest absolute Gasteiger partial charge is 0.493 e. The van der Waals surface area contributed by atoms with Crippen LogP contribution in [-0.4, -0.2) is 42.5 Å². The number of methoxy groups -OCH3 is 1. The van der Waals surface area contributed by atoms with E-state index in [-0.39, 0.29) is 11.8 Å². The second-order valence-electron chi connectivity index (χ2n) is 6.98. The van der Waals surface area contributed by atoms with E-state index in [2.05, 4.69) is 10.6 Å². The van der Waals surface area contributed by atoms with Crippen LogP contribution in [0.4, 0.5) is 14.9 Å². The number of carbonyl (C=O) groups excluding carboxylic acids is 3. The average Bonchev–Trinajstić information content (AvgIpc) is 2.98. The molecule has 1 heterocycles. The van der Waals surface area contributed by atoms with Gasteiger partial charge in [-0.2, -0.15) is 0 Å². The van der Waals surface area contributed by atoms with Crippen LogP contribution in [-0.2, 0) is 9.59 Å². The van der Waals surface area contributed by atoms with Crippen molar-refractivity contribution in [1.29, 1.82) is 0 Å². The Kier molecular flexibility index (Phi) is 6.54. The molecule has 0 radical (unpaired) electrons. The van der Waals surface area contributed by atoms with Crippen LogP contribution in [0.2, 0.25) is 0 Å². The Morgan fingerprint density at radius 2 is 1.90 bits per heavy atom. The molecular weight excluding hydrogens is 405 g/mol. The van der Waals surface area contributed by atoms with Gasteiger partial charge in [0.05, 0.1) is 13.2 Å². The van der Waals surface area contributed by atoms with E-state index in [1.807, 2.05) is 13.8 Å². The number of carbonyl (C=O) groups is 3. The molecule has 0 spiro atoms. The molecule has 2 N–H and O–H groups in total. The van der Waals surface area contributed by atoms with Gasteiger partial charge in [0.2, 0.25) is 5.91 Å². The van der Waals surface area contributed by atoms with Gasteiger partial charge in [-0.05, 0) is 50.3 Å². The highest BCUT2D eigenvalue weighted by Crippen LogP contribution is 2.33. The lowest BCUT2D eigenvalue weighted by atomic mass is 10.1. The van der Waals surface area contributed by atoms with Crippen molar-refractivity contribution in [2.75, 3.05) is 19.0 Å². The lowest BCUT2D eigenvalue weighted by Crippen LogP contribution is -2.38. The number of benzene rings is 2. The highest BCUT2D eigenvalue weighted by atomic mass is 19.1. The number of nitrogens with one attached hydrogen (secondary N) is 2. The summed E-state index contributed by atoms with van der Waals surface area (Å²) >= 11 is 0. The van der Waals surface area contributed by atoms with Crippen molar-refractivity contribution in [2.45, 2.75) is 20.0 Å². The van der Waals surface area contributed by atoms with Crippen molar-refractivity contribution in [3.05, 3.63) is 59.5 Å². The van der Waals surface area contributed by atoms with Crippen LogP contribution in [0.3, 0.4) is 0 Å². The minimum absolute atomic E-state index is 0.00133. The van der Waals surface area contributed by atoms with E-state index in [1.165, 1.54) is 37.5 Å². The molecule has 1 saturated heterocycles. The van der Waals surface area contributed by atoms with Crippen LogP contribution in [0.25, 0.3) is 6.08 Å². The Labute approximate surface area is 178 Å². The third-order valence-electron chi connectivity index (χ3n) is 4.27. The predicted molar refractivity (Wildman–Crippen MR) is 112 cm³/mol. The molecule has 1 fully saturated rings. The molecule has 8 nitrogen and oxygen atoms in total. The number of nitrogens with zero attached hydrogens (tertiary/aromatic N) is 1. The molecule has 0 atom stereocenters. The van der Waals surface area contributed by atoms with Crippen molar-refractivity contribution in [3.63, 3.8) is 0 Å². The number of hydrogen-bond donors (Lipinski definition) is 2. The van der Waals surface area contributed by atoms with Crippen LogP contribution in [0.5, 0.6) is 11.5 Å². The van der Waals surface area contributed by atoms with E-state index >= 15 is 0 Å². The number of hydrogen-bond acceptors (Lipinski definition) is 5. The van der Waals surface area contributed by atoms with Gasteiger partial charge in [0.1, 0.15) is 18.1 Å². The third kappa shape index (κ3) is 5.19. The smallest absolute Gasteiger partial charge is 0.329 e. The molecule has 0 aromatic heterocycles. The molecule has 2 aromatic rings. The van der Waals surface area contributed by atoms with E-state index in [0.717, 1.165) is 4.90 Å². The lowest BCUT2D eigenvalue weighted by molar-refractivity contribution is -0.127. The Hall–Kier alpha value is -3.88. The predicted octanol–water partition coefficient (Wildman–Crippen LogP) is 3.15. The molecule has 0 bridgehead atoms. The molecule has 4 amide bonds. The molecule has 162 valence electrons. The summed E-state index contributed by atoms with van der Waals surface area (Å²) in [6, 6.07) is 9.59. The van der Waals surface area contributed by atoms with Gasteiger partial charge < -0.3 is 20.1 Å². The molecule has 0 aliphatic carbocycles. The molecule has 9 heteroatoms. The maximum atomic E-state index is 13.0. The second-order valence-corrected chi connectivity index (χ2v) is 6.98. The summed E-state index contributed by atoms with van der Waals surface area (Å²) in [6.45, 7) is 3.22. The summed E-state index contributed by atoms with van der Waals surface area (Å²) in [5.74, 6) is -0.781.